The second-order valence-electron chi connectivity index (χ2n) is 2.84. The zero-order chi connectivity index (χ0) is 11.5. The van der Waals surface area contributed by atoms with Gasteiger partial charge in [-0.05, 0) is 12.1 Å². The van der Waals surface area contributed by atoms with Gasteiger partial charge in [0.15, 0.2) is 5.15 Å². The molecule has 78 valence electrons. The molecule has 0 aliphatic rings. The molecule has 2 rings (SSSR count). The van der Waals surface area contributed by atoms with Crippen LogP contribution in [-0.4, -0.2) is 15.0 Å². The number of halogens is 2. The molecule has 2 aromatic rings. The van der Waals surface area contributed by atoms with Crippen molar-refractivity contribution in [1.29, 1.82) is 5.26 Å². The minimum absolute atomic E-state index is 0.127. The van der Waals surface area contributed by atoms with E-state index in [2.05, 4.69) is 15.0 Å². The summed E-state index contributed by atoms with van der Waals surface area (Å²) in [6.07, 6.45) is 2.99. The molecular formula is C10H4Cl2N4. The van der Waals surface area contributed by atoms with E-state index in [0.29, 0.717) is 17.0 Å². The fourth-order valence-electron chi connectivity index (χ4n) is 1.14. The molecular weight excluding hydrogens is 247 g/mol. The van der Waals surface area contributed by atoms with E-state index in [1.165, 1.54) is 12.4 Å². The van der Waals surface area contributed by atoms with Crippen LogP contribution in [0.3, 0.4) is 0 Å². The van der Waals surface area contributed by atoms with Gasteiger partial charge >= 0.3 is 0 Å². The molecule has 0 N–H and O–H groups in total. The summed E-state index contributed by atoms with van der Waals surface area (Å²) in [6.45, 7) is 0. The summed E-state index contributed by atoms with van der Waals surface area (Å²) in [5.74, 6) is 0. The Labute approximate surface area is 102 Å². The quantitative estimate of drug-likeness (QED) is 0.731. The lowest BCUT2D eigenvalue weighted by Gasteiger charge is -2.02. The average Bonchev–Trinajstić information content (AvgIpc) is 2.29. The molecule has 0 unspecified atom stereocenters. The van der Waals surface area contributed by atoms with Gasteiger partial charge in [0.1, 0.15) is 16.9 Å². The molecule has 2 heterocycles. The van der Waals surface area contributed by atoms with Crippen molar-refractivity contribution >= 4 is 23.2 Å². The molecule has 0 saturated heterocycles. The Morgan fingerprint density at radius 3 is 2.44 bits per heavy atom. The highest BCUT2D eigenvalue weighted by atomic mass is 35.5. The van der Waals surface area contributed by atoms with E-state index < -0.39 is 0 Å². The third kappa shape index (κ3) is 1.96. The number of pyridine rings is 1. The largest absolute Gasteiger partial charge is 0.250 e. The van der Waals surface area contributed by atoms with Gasteiger partial charge in [0.25, 0.3) is 0 Å². The lowest BCUT2D eigenvalue weighted by atomic mass is 10.2. The van der Waals surface area contributed by atoms with Crippen LogP contribution in [0, 0.1) is 11.3 Å². The minimum Gasteiger partial charge on any atom is -0.250 e. The summed E-state index contributed by atoms with van der Waals surface area (Å²) in [6, 6.07) is 5.12. The molecule has 0 spiro atoms. The van der Waals surface area contributed by atoms with Crippen molar-refractivity contribution in [2.24, 2.45) is 0 Å². The first-order valence-electron chi connectivity index (χ1n) is 4.26. The van der Waals surface area contributed by atoms with Crippen molar-refractivity contribution in [3.8, 4) is 17.5 Å². The van der Waals surface area contributed by atoms with Crippen molar-refractivity contribution in [3.05, 3.63) is 40.4 Å². The number of rotatable bonds is 1. The second-order valence-corrected chi connectivity index (χ2v) is 3.56. The van der Waals surface area contributed by atoms with Crippen molar-refractivity contribution in [2.45, 2.75) is 0 Å². The SMILES string of the molecule is N#Cc1ccc(-c2nccnc2Cl)nc1Cl. The van der Waals surface area contributed by atoms with Crippen LogP contribution in [0.4, 0.5) is 0 Å². The van der Waals surface area contributed by atoms with Crippen LogP contribution in [0.15, 0.2) is 24.5 Å². The topological polar surface area (TPSA) is 62.5 Å². The third-order valence-corrected chi connectivity index (χ3v) is 2.43. The van der Waals surface area contributed by atoms with Gasteiger partial charge in [-0.15, -0.1) is 0 Å². The van der Waals surface area contributed by atoms with Gasteiger partial charge in [-0.25, -0.2) is 15.0 Å². The summed E-state index contributed by atoms with van der Waals surface area (Å²) in [4.78, 5) is 12.0. The van der Waals surface area contributed by atoms with Gasteiger partial charge in [0.05, 0.1) is 11.3 Å². The summed E-state index contributed by atoms with van der Waals surface area (Å²) in [5, 5.41) is 9.08. The molecule has 0 saturated carbocycles. The summed E-state index contributed by atoms with van der Waals surface area (Å²) in [5.41, 5.74) is 1.24. The minimum atomic E-state index is 0.127. The zero-order valence-corrected chi connectivity index (χ0v) is 9.37. The summed E-state index contributed by atoms with van der Waals surface area (Å²) in [7, 11) is 0. The van der Waals surface area contributed by atoms with Gasteiger partial charge in [-0.3, -0.25) is 0 Å². The lowest BCUT2D eigenvalue weighted by molar-refractivity contribution is 1.17. The number of hydrogen-bond acceptors (Lipinski definition) is 4. The van der Waals surface area contributed by atoms with Crippen LogP contribution < -0.4 is 0 Å². The normalized spacial score (nSPS) is 9.81. The smallest absolute Gasteiger partial charge is 0.156 e. The zero-order valence-electron chi connectivity index (χ0n) is 7.85. The van der Waals surface area contributed by atoms with E-state index in [-0.39, 0.29) is 10.3 Å². The highest BCUT2D eigenvalue weighted by Crippen LogP contribution is 2.24. The predicted octanol–water partition coefficient (Wildman–Crippen LogP) is 2.72. The van der Waals surface area contributed by atoms with Crippen molar-refractivity contribution in [3.63, 3.8) is 0 Å². The second kappa shape index (κ2) is 4.44. The molecule has 0 aromatic carbocycles. The molecule has 0 aliphatic carbocycles. The maximum atomic E-state index is 8.71. The van der Waals surface area contributed by atoms with Gasteiger partial charge < -0.3 is 0 Å². The average molecular weight is 251 g/mol. The van der Waals surface area contributed by atoms with Crippen LogP contribution in [0.25, 0.3) is 11.4 Å². The molecule has 0 atom stereocenters. The monoisotopic (exact) mass is 250 g/mol. The van der Waals surface area contributed by atoms with E-state index in [9.17, 15) is 0 Å². The molecule has 16 heavy (non-hydrogen) atoms. The van der Waals surface area contributed by atoms with Crippen LogP contribution in [0.2, 0.25) is 10.3 Å². The fraction of sp³-hybridized carbons (Fsp3) is 0. The van der Waals surface area contributed by atoms with Crippen molar-refractivity contribution < 1.29 is 0 Å². The van der Waals surface area contributed by atoms with Crippen molar-refractivity contribution in [1.82, 2.24) is 15.0 Å². The van der Waals surface area contributed by atoms with Crippen LogP contribution in [0.1, 0.15) is 5.56 Å². The Hall–Kier alpha value is -1.70. The molecule has 4 nitrogen and oxygen atoms in total. The number of hydrogen-bond donors (Lipinski definition) is 0. The van der Waals surface area contributed by atoms with Gasteiger partial charge in [-0.1, -0.05) is 23.2 Å². The third-order valence-electron chi connectivity index (χ3n) is 1.87. The Bertz CT molecular complexity index is 577. The molecule has 0 fully saturated rings. The summed E-state index contributed by atoms with van der Waals surface area (Å²) < 4.78 is 0. The standard InChI is InChI=1S/C10H4Cl2N4/c11-9-6(5-13)1-2-7(16-9)8-10(12)15-4-3-14-8/h1-4H. The maximum absolute atomic E-state index is 8.71. The Balaban J connectivity index is 2.55. The molecule has 0 aliphatic heterocycles. The first-order chi connectivity index (χ1) is 7.72. The van der Waals surface area contributed by atoms with Crippen LogP contribution in [0.5, 0.6) is 0 Å². The maximum Gasteiger partial charge on any atom is 0.156 e. The highest BCUT2D eigenvalue weighted by Gasteiger charge is 2.09. The predicted molar refractivity (Wildman–Crippen MR) is 60.0 cm³/mol. The number of aromatic nitrogens is 3. The molecule has 0 bridgehead atoms. The molecule has 0 radical (unpaired) electrons. The van der Waals surface area contributed by atoms with Gasteiger partial charge in [-0.2, -0.15) is 5.26 Å². The first-order valence-corrected chi connectivity index (χ1v) is 5.01. The van der Waals surface area contributed by atoms with Crippen LogP contribution >= 0.6 is 23.2 Å². The molecule has 2 aromatic heterocycles. The highest BCUT2D eigenvalue weighted by molar-refractivity contribution is 6.32. The van der Waals surface area contributed by atoms with E-state index >= 15 is 0 Å². The van der Waals surface area contributed by atoms with E-state index in [4.69, 9.17) is 28.5 Å². The Morgan fingerprint density at radius 1 is 1.06 bits per heavy atom. The Morgan fingerprint density at radius 2 is 1.81 bits per heavy atom. The van der Waals surface area contributed by atoms with Gasteiger partial charge in [0, 0.05) is 12.4 Å². The molecule has 6 heteroatoms. The number of nitrogens with zero attached hydrogens (tertiary/aromatic N) is 4. The fourth-order valence-corrected chi connectivity index (χ4v) is 1.54. The van der Waals surface area contributed by atoms with Gasteiger partial charge in [0.2, 0.25) is 0 Å². The Kier molecular flexibility index (Phi) is 3.00. The molecule has 0 amide bonds. The van der Waals surface area contributed by atoms with Crippen LogP contribution in [-0.2, 0) is 0 Å². The van der Waals surface area contributed by atoms with E-state index in [1.54, 1.807) is 12.1 Å². The van der Waals surface area contributed by atoms with Crippen molar-refractivity contribution in [2.75, 3.05) is 0 Å². The summed E-state index contributed by atoms with van der Waals surface area (Å²) >= 11 is 11.7. The first kappa shape index (κ1) is 10.8. The number of nitriles is 1. The lowest BCUT2D eigenvalue weighted by Crippen LogP contribution is -1.92. The van der Waals surface area contributed by atoms with E-state index in [0.717, 1.165) is 0 Å². The van der Waals surface area contributed by atoms with E-state index in [1.807, 2.05) is 6.07 Å².